The molecule has 21 heavy (non-hydrogen) atoms. The van der Waals surface area contributed by atoms with E-state index in [4.69, 9.17) is 9.26 Å². The summed E-state index contributed by atoms with van der Waals surface area (Å²) in [5.41, 5.74) is 0.474. The molecule has 0 fully saturated rings. The number of hydrogen-bond acceptors (Lipinski definition) is 4. The number of hydrogen-bond donors (Lipinski definition) is 2. The van der Waals surface area contributed by atoms with E-state index in [2.05, 4.69) is 15.8 Å². The number of urea groups is 1. The monoisotopic (exact) mass is 289 g/mol. The minimum absolute atomic E-state index is 0.157. The van der Waals surface area contributed by atoms with E-state index in [1.807, 2.05) is 20.8 Å². The van der Waals surface area contributed by atoms with Crippen LogP contribution in [0.5, 0.6) is 5.75 Å². The number of rotatable bonds is 3. The molecule has 0 aliphatic heterocycles. The highest BCUT2D eigenvalue weighted by atomic mass is 16.5. The molecular formula is C15H19N3O3. The summed E-state index contributed by atoms with van der Waals surface area (Å²) < 4.78 is 10.3. The number of ether oxygens (including phenoxy) is 1. The lowest BCUT2D eigenvalue weighted by Crippen LogP contribution is -2.19. The Balaban J connectivity index is 2.00. The topological polar surface area (TPSA) is 76.4 Å². The SMILES string of the molecule is COc1cccc(NC(=O)Nc2cc(C(C)(C)C)on2)c1. The van der Waals surface area contributed by atoms with Crippen LogP contribution in [0.4, 0.5) is 16.3 Å². The summed E-state index contributed by atoms with van der Waals surface area (Å²) >= 11 is 0. The number of benzene rings is 1. The smallest absolute Gasteiger partial charge is 0.324 e. The number of nitrogens with zero attached hydrogens (tertiary/aromatic N) is 1. The highest BCUT2D eigenvalue weighted by molar-refractivity contribution is 5.99. The van der Waals surface area contributed by atoms with E-state index in [0.717, 1.165) is 0 Å². The Bertz CT molecular complexity index is 629. The molecule has 1 aromatic heterocycles. The van der Waals surface area contributed by atoms with Gasteiger partial charge in [-0.15, -0.1) is 0 Å². The summed E-state index contributed by atoms with van der Waals surface area (Å²) in [7, 11) is 1.57. The Kier molecular flexibility index (Phi) is 4.16. The van der Waals surface area contributed by atoms with Crippen molar-refractivity contribution in [2.45, 2.75) is 26.2 Å². The molecule has 0 radical (unpaired) electrons. The molecule has 0 saturated heterocycles. The fourth-order valence-corrected chi connectivity index (χ4v) is 1.67. The first-order valence-electron chi connectivity index (χ1n) is 6.58. The van der Waals surface area contributed by atoms with Crippen molar-refractivity contribution in [2.24, 2.45) is 0 Å². The number of methoxy groups -OCH3 is 1. The van der Waals surface area contributed by atoms with E-state index in [1.54, 1.807) is 37.4 Å². The van der Waals surface area contributed by atoms with E-state index in [-0.39, 0.29) is 5.41 Å². The first-order valence-corrected chi connectivity index (χ1v) is 6.58. The van der Waals surface area contributed by atoms with E-state index in [1.165, 1.54) is 0 Å². The molecule has 6 nitrogen and oxygen atoms in total. The van der Waals surface area contributed by atoms with Crippen LogP contribution in [0.2, 0.25) is 0 Å². The molecule has 0 aliphatic carbocycles. The van der Waals surface area contributed by atoms with Crippen LogP contribution >= 0.6 is 0 Å². The van der Waals surface area contributed by atoms with Crippen molar-refractivity contribution in [3.63, 3.8) is 0 Å². The quantitative estimate of drug-likeness (QED) is 0.904. The lowest BCUT2D eigenvalue weighted by molar-refractivity contribution is 0.262. The van der Waals surface area contributed by atoms with E-state index >= 15 is 0 Å². The molecule has 1 aromatic carbocycles. The zero-order valence-corrected chi connectivity index (χ0v) is 12.6. The predicted octanol–water partition coefficient (Wildman–Crippen LogP) is 3.62. The van der Waals surface area contributed by atoms with Gasteiger partial charge in [0.1, 0.15) is 11.5 Å². The van der Waals surface area contributed by atoms with Crippen LogP contribution in [0.3, 0.4) is 0 Å². The first-order chi connectivity index (χ1) is 9.88. The molecule has 2 N–H and O–H groups in total. The zero-order valence-electron chi connectivity index (χ0n) is 12.6. The van der Waals surface area contributed by atoms with Gasteiger partial charge in [0.05, 0.1) is 7.11 Å². The van der Waals surface area contributed by atoms with Crippen molar-refractivity contribution in [3.05, 3.63) is 36.1 Å². The Morgan fingerprint density at radius 1 is 1.24 bits per heavy atom. The predicted molar refractivity (Wildman–Crippen MR) is 80.8 cm³/mol. The molecule has 0 aliphatic rings. The summed E-state index contributed by atoms with van der Waals surface area (Å²) in [6.45, 7) is 6.02. The normalized spacial score (nSPS) is 11.0. The standard InChI is InChI=1S/C15H19N3O3/c1-15(2,3)12-9-13(18-21-12)17-14(19)16-10-6-5-7-11(8-10)20-4/h5-9H,1-4H3,(H2,16,17,18,19). The number of anilines is 2. The Labute approximate surface area is 123 Å². The minimum Gasteiger partial charge on any atom is -0.497 e. The molecule has 2 aromatic rings. The molecule has 0 unspecified atom stereocenters. The average Bonchev–Trinajstić information content (AvgIpc) is 2.87. The summed E-state index contributed by atoms with van der Waals surface area (Å²) in [5.74, 6) is 1.75. The van der Waals surface area contributed by atoms with Gasteiger partial charge in [0.2, 0.25) is 0 Å². The molecule has 0 spiro atoms. The second-order valence-electron chi connectivity index (χ2n) is 5.64. The van der Waals surface area contributed by atoms with Crippen LogP contribution in [-0.4, -0.2) is 18.3 Å². The van der Waals surface area contributed by atoms with Crippen molar-refractivity contribution in [2.75, 3.05) is 17.7 Å². The summed E-state index contributed by atoms with van der Waals surface area (Å²) in [5, 5.41) is 9.15. The van der Waals surface area contributed by atoms with Gasteiger partial charge in [-0.05, 0) is 12.1 Å². The third-order valence-corrected chi connectivity index (χ3v) is 2.82. The van der Waals surface area contributed by atoms with Crippen molar-refractivity contribution in [3.8, 4) is 5.75 Å². The fraction of sp³-hybridized carbons (Fsp3) is 0.333. The second-order valence-corrected chi connectivity index (χ2v) is 5.64. The van der Waals surface area contributed by atoms with Gasteiger partial charge in [-0.2, -0.15) is 0 Å². The van der Waals surface area contributed by atoms with Gasteiger partial charge in [-0.25, -0.2) is 4.79 Å². The second kappa shape index (κ2) is 5.87. The maximum absolute atomic E-state index is 11.9. The van der Waals surface area contributed by atoms with Gasteiger partial charge in [0.25, 0.3) is 0 Å². The third kappa shape index (κ3) is 3.98. The Morgan fingerprint density at radius 3 is 2.62 bits per heavy atom. The number of carbonyl (C=O) groups is 1. The van der Waals surface area contributed by atoms with Gasteiger partial charge in [-0.3, -0.25) is 5.32 Å². The molecule has 0 saturated carbocycles. The molecule has 0 atom stereocenters. The number of carbonyl (C=O) groups excluding carboxylic acids is 1. The van der Waals surface area contributed by atoms with E-state index in [9.17, 15) is 4.79 Å². The van der Waals surface area contributed by atoms with Crippen LogP contribution in [-0.2, 0) is 5.41 Å². The summed E-state index contributed by atoms with van der Waals surface area (Å²) in [6, 6.07) is 8.41. The highest BCUT2D eigenvalue weighted by Gasteiger charge is 2.20. The molecular weight excluding hydrogens is 270 g/mol. The van der Waals surface area contributed by atoms with Crippen molar-refractivity contribution >= 4 is 17.5 Å². The maximum atomic E-state index is 11.9. The summed E-state index contributed by atoms with van der Waals surface area (Å²) in [4.78, 5) is 11.9. The van der Waals surface area contributed by atoms with Gasteiger partial charge in [0, 0.05) is 23.2 Å². The molecule has 2 amide bonds. The van der Waals surface area contributed by atoms with Crippen molar-refractivity contribution in [1.82, 2.24) is 5.16 Å². The molecule has 6 heteroatoms. The van der Waals surface area contributed by atoms with Crippen LogP contribution < -0.4 is 15.4 Å². The average molecular weight is 289 g/mol. The molecule has 1 heterocycles. The maximum Gasteiger partial charge on any atom is 0.324 e. The van der Waals surface area contributed by atoms with Crippen LogP contribution in [0.15, 0.2) is 34.9 Å². The Hall–Kier alpha value is -2.50. The number of nitrogens with one attached hydrogen (secondary N) is 2. The fourth-order valence-electron chi connectivity index (χ4n) is 1.67. The van der Waals surface area contributed by atoms with Gasteiger partial charge >= 0.3 is 6.03 Å². The minimum atomic E-state index is -0.392. The lowest BCUT2D eigenvalue weighted by Gasteiger charge is -2.12. The van der Waals surface area contributed by atoms with Crippen molar-refractivity contribution < 1.29 is 14.1 Å². The van der Waals surface area contributed by atoms with Crippen molar-refractivity contribution in [1.29, 1.82) is 0 Å². The van der Waals surface area contributed by atoms with Gasteiger partial charge in [-0.1, -0.05) is 32.0 Å². The number of aromatic nitrogens is 1. The molecule has 2 rings (SSSR count). The molecule has 0 bridgehead atoms. The number of amides is 2. The molecule has 112 valence electrons. The van der Waals surface area contributed by atoms with Gasteiger partial charge in [0.15, 0.2) is 5.82 Å². The summed E-state index contributed by atoms with van der Waals surface area (Å²) in [6.07, 6.45) is 0. The van der Waals surface area contributed by atoms with Crippen LogP contribution in [0.1, 0.15) is 26.5 Å². The van der Waals surface area contributed by atoms with Crippen LogP contribution in [0, 0.1) is 0 Å². The third-order valence-electron chi connectivity index (χ3n) is 2.82. The van der Waals surface area contributed by atoms with E-state index < -0.39 is 6.03 Å². The first kappa shape index (κ1) is 14.9. The highest BCUT2D eigenvalue weighted by Crippen LogP contribution is 2.24. The zero-order chi connectivity index (χ0) is 15.5. The Morgan fingerprint density at radius 2 is 2.00 bits per heavy atom. The van der Waals surface area contributed by atoms with Crippen LogP contribution in [0.25, 0.3) is 0 Å². The van der Waals surface area contributed by atoms with Gasteiger partial charge < -0.3 is 14.6 Å². The largest absolute Gasteiger partial charge is 0.497 e. The van der Waals surface area contributed by atoms with E-state index in [0.29, 0.717) is 23.0 Å². The lowest BCUT2D eigenvalue weighted by atomic mass is 9.93.